The summed E-state index contributed by atoms with van der Waals surface area (Å²) in [7, 11) is 0. The molecule has 1 aromatic rings. The predicted molar refractivity (Wildman–Crippen MR) is 65.7 cm³/mol. The van der Waals surface area contributed by atoms with Crippen molar-refractivity contribution in [1.29, 1.82) is 0 Å². The molecule has 5 heteroatoms. The van der Waals surface area contributed by atoms with E-state index < -0.39 is 0 Å². The number of halogens is 1. The summed E-state index contributed by atoms with van der Waals surface area (Å²) in [6.45, 7) is 6.52. The van der Waals surface area contributed by atoms with Crippen LogP contribution in [0.3, 0.4) is 0 Å². The van der Waals surface area contributed by atoms with Crippen LogP contribution in [-0.4, -0.2) is 35.7 Å². The molecule has 2 heterocycles. The Morgan fingerprint density at radius 1 is 1.62 bits per heavy atom. The van der Waals surface area contributed by atoms with Crippen LogP contribution in [0.4, 0.5) is 0 Å². The van der Waals surface area contributed by atoms with Gasteiger partial charge in [0.2, 0.25) is 0 Å². The van der Waals surface area contributed by atoms with Crippen molar-refractivity contribution in [2.24, 2.45) is 0 Å². The van der Waals surface area contributed by atoms with Crippen molar-refractivity contribution in [3.63, 3.8) is 0 Å². The van der Waals surface area contributed by atoms with E-state index in [1.165, 1.54) is 12.8 Å². The summed E-state index contributed by atoms with van der Waals surface area (Å²) in [5.41, 5.74) is 1.04. The van der Waals surface area contributed by atoms with Crippen molar-refractivity contribution in [1.82, 2.24) is 15.4 Å². The fraction of sp³-hybridized carbons (Fsp3) is 0.727. The van der Waals surface area contributed by atoms with Crippen LogP contribution in [0.15, 0.2) is 16.9 Å². The van der Waals surface area contributed by atoms with Crippen LogP contribution < -0.4 is 5.32 Å². The molecule has 0 bridgehead atoms. The van der Waals surface area contributed by atoms with Crippen LogP contribution in [0.2, 0.25) is 0 Å². The molecule has 1 aromatic heterocycles. The Labute approximate surface area is 103 Å². The Hall–Kier alpha value is -0.580. The molecule has 92 valence electrons. The number of nitrogens with one attached hydrogen (secondary N) is 1. The number of nitrogens with zero attached hydrogens (tertiary/aromatic N) is 2. The topological polar surface area (TPSA) is 41.3 Å². The van der Waals surface area contributed by atoms with Gasteiger partial charge in [-0.1, -0.05) is 12.1 Å². The second kappa shape index (κ2) is 6.89. The highest BCUT2D eigenvalue weighted by molar-refractivity contribution is 5.85. The second-order valence-corrected chi connectivity index (χ2v) is 4.11. The van der Waals surface area contributed by atoms with Gasteiger partial charge in [0.05, 0.1) is 5.69 Å². The molecule has 1 atom stereocenters. The lowest BCUT2D eigenvalue weighted by atomic mass is 10.2. The Morgan fingerprint density at radius 2 is 2.50 bits per heavy atom. The first-order valence-corrected chi connectivity index (χ1v) is 5.74. The molecule has 0 spiro atoms. The van der Waals surface area contributed by atoms with Gasteiger partial charge in [-0.3, -0.25) is 4.90 Å². The summed E-state index contributed by atoms with van der Waals surface area (Å²) in [5, 5.41) is 7.38. The summed E-state index contributed by atoms with van der Waals surface area (Å²) in [4.78, 5) is 2.50. The van der Waals surface area contributed by atoms with Crippen molar-refractivity contribution in [2.75, 3.05) is 19.6 Å². The number of aromatic nitrogens is 1. The van der Waals surface area contributed by atoms with Gasteiger partial charge in [-0.2, -0.15) is 0 Å². The van der Waals surface area contributed by atoms with E-state index in [-0.39, 0.29) is 12.4 Å². The zero-order chi connectivity index (χ0) is 10.5. The van der Waals surface area contributed by atoms with Gasteiger partial charge in [0.25, 0.3) is 0 Å². The predicted octanol–water partition coefficient (Wildman–Crippen LogP) is 1.67. The SMILES string of the molecule is CCCN(Cc1ccon1)C1CCNC1.Cl. The van der Waals surface area contributed by atoms with Crippen LogP contribution in [0.1, 0.15) is 25.5 Å². The molecule has 1 N–H and O–H groups in total. The third kappa shape index (κ3) is 3.47. The average molecular weight is 246 g/mol. The van der Waals surface area contributed by atoms with Gasteiger partial charge in [0.15, 0.2) is 0 Å². The molecular weight excluding hydrogens is 226 g/mol. The summed E-state index contributed by atoms with van der Waals surface area (Å²) in [6, 6.07) is 2.62. The average Bonchev–Trinajstić information content (AvgIpc) is 2.89. The highest BCUT2D eigenvalue weighted by Gasteiger charge is 2.22. The third-order valence-corrected chi connectivity index (χ3v) is 2.92. The van der Waals surface area contributed by atoms with E-state index in [0.717, 1.165) is 31.9 Å². The maximum atomic E-state index is 4.86. The largest absolute Gasteiger partial charge is 0.364 e. The number of hydrogen-bond acceptors (Lipinski definition) is 4. The van der Waals surface area contributed by atoms with Crippen LogP contribution in [0.5, 0.6) is 0 Å². The van der Waals surface area contributed by atoms with E-state index in [2.05, 4.69) is 22.3 Å². The summed E-state index contributed by atoms with van der Waals surface area (Å²) < 4.78 is 4.86. The van der Waals surface area contributed by atoms with Gasteiger partial charge in [-0.15, -0.1) is 12.4 Å². The van der Waals surface area contributed by atoms with Gasteiger partial charge >= 0.3 is 0 Å². The van der Waals surface area contributed by atoms with Crippen molar-refractivity contribution in [3.05, 3.63) is 18.0 Å². The van der Waals surface area contributed by atoms with Gasteiger partial charge in [-0.05, 0) is 25.9 Å². The second-order valence-electron chi connectivity index (χ2n) is 4.11. The van der Waals surface area contributed by atoms with E-state index in [0.29, 0.717) is 6.04 Å². The van der Waals surface area contributed by atoms with Crippen LogP contribution in [0, 0.1) is 0 Å². The van der Waals surface area contributed by atoms with Gasteiger partial charge in [-0.25, -0.2) is 0 Å². The number of rotatable bonds is 5. The molecule has 2 rings (SSSR count). The monoisotopic (exact) mass is 245 g/mol. The Balaban J connectivity index is 0.00000128. The van der Waals surface area contributed by atoms with E-state index >= 15 is 0 Å². The Bertz CT molecular complexity index is 273. The Kier molecular flexibility index (Phi) is 5.80. The van der Waals surface area contributed by atoms with Crippen molar-refractivity contribution in [2.45, 2.75) is 32.4 Å². The molecule has 1 unspecified atom stereocenters. The Morgan fingerprint density at radius 3 is 3.06 bits per heavy atom. The van der Waals surface area contributed by atoms with Gasteiger partial charge in [0, 0.05) is 25.2 Å². The minimum atomic E-state index is 0. The molecule has 0 amide bonds. The van der Waals surface area contributed by atoms with Crippen LogP contribution in [0.25, 0.3) is 0 Å². The zero-order valence-electron chi connectivity index (χ0n) is 9.69. The molecule has 16 heavy (non-hydrogen) atoms. The van der Waals surface area contributed by atoms with Gasteiger partial charge < -0.3 is 9.84 Å². The maximum absolute atomic E-state index is 4.86. The maximum Gasteiger partial charge on any atom is 0.124 e. The first-order valence-electron chi connectivity index (χ1n) is 5.74. The molecule has 0 saturated carbocycles. The lowest BCUT2D eigenvalue weighted by molar-refractivity contribution is 0.194. The first-order chi connectivity index (χ1) is 7.40. The quantitative estimate of drug-likeness (QED) is 0.857. The summed E-state index contributed by atoms with van der Waals surface area (Å²) in [6.07, 6.45) is 4.08. The first kappa shape index (κ1) is 13.5. The molecule has 0 radical (unpaired) electrons. The van der Waals surface area contributed by atoms with Gasteiger partial charge in [0.1, 0.15) is 6.26 Å². The zero-order valence-corrected chi connectivity index (χ0v) is 10.5. The van der Waals surface area contributed by atoms with Crippen molar-refractivity contribution >= 4 is 12.4 Å². The smallest absolute Gasteiger partial charge is 0.124 e. The molecule has 0 aromatic carbocycles. The molecular formula is C11H20ClN3O. The fourth-order valence-electron chi connectivity index (χ4n) is 2.16. The molecule has 0 aliphatic carbocycles. The molecule has 4 nitrogen and oxygen atoms in total. The lowest BCUT2D eigenvalue weighted by Gasteiger charge is -2.26. The highest BCUT2D eigenvalue weighted by Crippen LogP contribution is 2.12. The fourth-order valence-corrected chi connectivity index (χ4v) is 2.16. The van der Waals surface area contributed by atoms with E-state index in [1.807, 2.05) is 6.07 Å². The molecule has 1 aliphatic heterocycles. The minimum Gasteiger partial charge on any atom is -0.364 e. The van der Waals surface area contributed by atoms with E-state index in [1.54, 1.807) is 6.26 Å². The van der Waals surface area contributed by atoms with Crippen LogP contribution >= 0.6 is 12.4 Å². The molecule has 1 saturated heterocycles. The van der Waals surface area contributed by atoms with E-state index in [9.17, 15) is 0 Å². The van der Waals surface area contributed by atoms with Crippen molar-refractivity contribution in [3.8, 4) is 0 Å². The van der Waals surface area contributed by atoms with E-state index in [4.69, 9.17) is 4.52 Å². The summed E-state index contributed by atoms with van der Waals surface area (Å²) in [5.74, 6) is 0. The molecule has 1 aliphatic rings. The highest BCUT2D eigenvalue weighted by atomic mass is 35.5. The number of hydrogen-bond donors (Lipinski definition) is 1. The third-order valence-electron chi connectivity index (χ3n) is 2.92. The van der Waals surface area contributed by atoms with Crippen LogP contribution in [-0.2, 0) is 6.54 Å². The summed E-state index contributed by atoms with van der Waals surface area (Å²) >= 11 is 0. The molecule has 1 fully saturated rings. The standard InChI is InChI=1S/C11H19N3O.ClH/c1-2-6-14(11-3-5-12-8-11)9-10-4-7-15-13-10;/h4,7,11-12H,2-3,5-6,8-9H2,1H3;1H. The van der Waals surface area contributed by atoms with Crippen molar-refractivity contribution < 1.29 is 4.52 Å². The lowest BCUT2D eigenvalue weighted by Crippen LogP contribution is -2.36. The normalized spacial score (nSPS) is 20.0. The minimum absolute atomic E-state index is 0.